The number of aryl methyl sites for hydroxylation is 1. The van der Waals surface area contributed by atoms with Crippen molar-refractivity contribution in [3.63, 3.8) is 0 Å². The zero-order chi connectivity index (χ0) is 15.6. The Balaban J connectivity index is 2.38. The molecule has 0 fully saturated rings. The van der Waals surface area contributed by atoms with E-state index in [-0.39, 0.29) is 30.3 Å². The van der Waals surface area contributed by atoms with E-state index in [0.717, 1.165) is 0 Å². The minimum absolute atomic E-state index is 0.0285. The zero-order valence-corrected chi connectivity index (χ0v) is 11.6. The molecule has 9 nitrogen and oxygen atoms in total. The van der Waals surface area contributed by atoms with Gasteiger partial charge in [0.15, 0.2) is 11.2 Å². The van der Waals surface area contributed by atoms with E-state index in [1.165, 1.54) is 16.2 Å². The van der Waals surface area contributed by atoms with Crippen molar-refractivity contribution in [3.8, 4) is 0 Å². The number of ether oxygens (including phenoxy) is 1. The molecule has 2 aromatic heterocycles. The van der Waals surface area contributed by atoms with E-state index in [0.29, 0.717) is 6.61 Å². The molecular weight excluding hydrogens is 278 g/mol. The first-order valence-electron chi connectivity index (χ1n) is 6.27. The molecule has 2 heterocycles. The van der Waals surface area contributed by atoms with Crippen LogP contribution in [0.1, 0.15) is 0 Å². The van der Waals surface area contributed by atoms with E-state index in [1.807, 2.05) is 0 Å². The number of H-pyrrole nitrogens is 1. The van der Waals surface area contributed by atoms with Crippen LogP contribution in [-0.4, -0.2) is 43.5 Å². The molecule has 1 unspecified atom stereocenters. The summed E-state index contributed by atoms with van der Waals surface area (Å²) in [6.45, 7) is 3.90. The highest BCUT2D eigenvalue weighted by molar-refractivity contribution is 5.73. The number of nitrogen functional groups attached to an aromatic ring is 1. The maximum absolute atomic E-state index is 11.9. The van der Waals surface area contributed by atoms with E-state index in [2.05, 4.69) is 16.5 Å². The number of aliphatic hydroxyl groups excluding tert-OH is 1. The van der Waals surface area contributed by atoms with E-state index >= 15 is 0 Å². The highest BCUT2D eigenvalue weighted by atomic mass is 16.5. The molecule has 21 heavy (non-hydrogen) atoms. The number of nitrogens with zero attached hydrogens (tertiary/aromatic N) is 3. The van der Waals surface area contributed by atoms with Crippen molar-refractivity contribution in [2.75, 3.05) is 18.9 Å². The summed E-state index contributed by atoms with van der Waals surface area (Å²) in [7, 11) is 1.47. The summed E-state index contributed by atoms with van der Waals surface area (Å²) in [6, 6.07) is 0. The Hall–Kier alpha value is -2.39. The normalized spacial score (nSPS) is 12.7. The quantitative estimate of drug-likeness (QED) is 0.443. The van der Waals surface area contributed by atoms with Crippen molar-refractivity contribution >= 4 is 17.1 Å². The fourth-order valence-corrected chi connectivity index (χ4v) is 1.99. The van der Waals surface area contributed by atoms with Gasteiger partial charge in [0, 0.05) is 7.05 Å². The van der Waals surface area contributed by atoms with Crippen molar-refractivity contribution in [1.82, 2.24) is 19.1 Å². The summed E-state index contributed by atoms with van der Waals surface area (Å²) < 4.78 is 7.68. The van der Waals surface area contributed by atoms with Gasteiger partial charge in [-0.3, -0.25) is 14.3 Å². The largest absolute Gasteiger partial charge is 0.389 e. The Kier molecular flexibility index (Phi) is 4.24. The third kappa shape index (κ3) is 2.88. The van der Waals surface area contributed by atoms with Crippen molar-refractivity contribution in [2.24, 2.45) is 7.05 Å². The van der Waals surface area contributed by atoms with Crippen molar-refractivity contribution < 1.29 is 9.84 Å². The number of nitrogens with one attached hydrogen (secondary N) is 1. The highest BCUT2D eigenvalue weighted by Crippen LogP contribution is 2.12. The Bertz CT molecular complexity index is 772. The number of hydrogen-bond donors (Lipinski definition) is 3. The van der Waals surface area contributed by atoms with Crippen molar-refractivity contribution in [3.05, 3.63) is 33.5 Å². The monoisotopic (exact) mass is 295 g/mol. The van der Waals surface area contributed by atoms with Gasteiger partial charge in [0.05, 0.1) is 25.9 Å². The van der Waals surface area contributed by atoms with Crippen LogP contribution in [0.3, 0.4) is 0 Å². The number of aliphatic hydroxyl groups is 1. The first-order valence-corrected chi connectivity index (χ1v) is 6.27. The summed E-state index contributed by atoms with van der Waals surface area (Å²) in [5.41, 5.74) is 4.89. The second-order valence-electron chi connectivity index (χ2n) is 4.55. The second-order valence-corrected chi connectivity index (χ2v) is 4.55. The zero-order valence-electron chi connectivity index (χ0n) is 11.6. The molecular formula is C12H17N5O4. The van der Waals surface area contributed by atoms with Gasteiger partial charge in [0.25, 0.3) is 5.56 Å². The Morgan fingerprint density at radius 3 is 2.95 bits per heavy atom. The second kappa shape index (κ2) is 5.94. The number of fused-ring (bicyclic) bond motifs is 1. The van der Waals surface area contributed by atoms with Gasteiger partial charge < -0.3 is 20.1 Å². The highest BCUT2D eigenvalue weighted by Gasteiger charge is 2.17. The van der Waals surface area contributed by atoms with Crippen molar-refractivity contribution in [2.45, 2.75) is 12.6 Å². The fourth-order valence-electron chi connectivity index (χ4n) is 1.99. The molecule has 4 N–H and O–H groups in total. The predicted octanol–water partition coefficient (Wildman–Crippen LogP) is -1.43. The molecule has 114 valence electrons. The lowest BCUT2D eigenvalue weighted by molar-refractivity contribution is 0.0405. The maximum Gasteiger partial charge on any atom is 0.329 e. The molecule has 0 aliphatic rings. The minimum atomic E-state index is -0.874. The van der Waals surface area contributed by atoms with Crippen LogP contribution in [0.2, 0.25) is 0 Å². The molecule has 0 saturated carbocycles. The number of aromatic amines is 1. The third-order valence-corrected chi connectivity index (χ3v) is 2.98. The molecule has 2 aromatic rings. The molecule has 2 rings (SSSR count). The van der Waals surface area contributed by atoms with Crippen LogP contribution >= 0.6 is 0 Å². The SMILES string of the molecule is C=CCOCC(O)Cn1c(N)nc2c1c(=O)[nH]c(=O)n2C. The van der Waals surface area contributed by atoms with Crippen molar-refractivity contribution in [1.29, 1.82) is 0 Å². The average molecular weight is 295 g/mol. The van der Waals surface area contributed by atoms with E-state index < -0.39 is 17.4 Å². The van der Waals surface area contributed by atoms with Gasteiger partial charge in [-0.05, 0) is 0 Å². The van der Waals surface area contributed by atoms with Crippen LogP contribution in [0.4, 0.5) is 5.95 Å². The molecule has 0 amide bonds. The summed E-state index contributed by atoms with van der Waals surface area (Å²) in [5.74, 6) is 0.0412. The number of anilines is 1. The van der Waals surface area contributed by atoms with Crippen LogP contribution in [0, 0.1) is 0 Å². The lowest BCUT2D eigenvalue weighted by Crippen LogP contribution is -2.30. The van der Waals surface area contributed by atoms with Gasteiger partial charge in [-0.25, -0.2) is 4.79 Å². The topological polar surface area (TPSA) is 128 Å². The summed E-state index contributed by atoms with van der Waals surface area (Å²) in [4.78, 5) is 29.6. The molecule has 9 heteroatoms. The molecule has 0 aliphatic heterocycles. The first kappa shape index (κ1) is 15.0. The van der Waals surface area contributed by atoms with Crippen LogP contribution in [-0.2, 0) is 18.3 Å². The fraction of sp³-hybridized carbons (Fsp3) is 0.417. The summed E-state index contributed by atoms with van der Waals surface area (Å²) in [6.07, 6.45) is 0.690. The maximum atomic E-state index is 11.9. The average Bonchev–Trinajstić information content (AvgIpc) is 2.74. The number of nitrogens with two attached hydrogens (primary N) is 1. The molecule has 1 atom stereocenters. The van der Waals surface area contributed by atoms with E-state index in [1.54, 1.807) is 6.08 Å². The number of rotatable bonds is 6. The van der Waals surface area contributed by atoms with Gasteiger partial charge in [-0.2, -0.15) is 4.98 Å². The van der Waals surface area contributed by atoms with Gasteiger partial charge >= 0.3 is 5.69 Å². The lowest BCUT2D eigenvalue weighted by atomic mass is 10.3. The molecule has 0 aromatic carbocycles. The molecule has 0 aliphatic carbocycles. The molecule has 0 saturated heterocycles. The standard InChI is InChI=1S/C12H17N5O4/c1-3-4-21-6-7(18)5-17-8-9(14-11(17)13)16(2)12(20)15-10(8)19/h3,7,18H,1,4-6H2,2H3,(H2,13,14)(H,15,19,20). The predicted molar refractivity (Wildman–Crippen MR) is 77.0 cm³/mol. The van der Waals surface area contributed by atoms with Gasteiger partial charge in [0.1, 0.15) is 0 Å². The number of aromatic nitrogens is 4. The minimum Gasteiger partial charge on any atom is -0.389 e. The number of hydrogen-bond acceptors (Lipinski definition) is 6. The molecule has 0 spiro atoms. The Morgan fingerprint density at radius 2 is 2.29 bits per heavy atom. The Labute approximate surface area is 119 Å². The molecule has 0 radical (unpaired) electrons. The van der Waals surface area contributed by atoms with Gasteiger partial charge in [-0.15, -0.1) is 6.58 Å². The smallest absolute Gasteiger partial charge is 0.329 e. The lowest BCUT2D eigenvalue weighted by Gasteiger charge is -2.12. The summed E-state index contributed by atoms with van der Waals surface area (Å²) in [5, 5.41) is 9.90. The van der Waals surface area contributed by atoms with E-state index in [4.69, 9.17) is 10.5 Å². The first-order chi connectivity index (χ1) is 9.95. The Morgan fingerprint density at radius 1 is 1.57 bits per heavy atom. The van der Waals surface area contributed by atoms with E-state index in [9.17, 15) is 14.7 Å². The van der Waals surface area contributed by atoms with Crippen LogP contribution < -0.4 is 17.0 Å². The van der Waals surface area contributed by atoms with Gasteiger partial charge in [0.2, 0.25) is 5.95 Å². The van der Waals surface area contributed by atoms with Crippen LogP contribution in [0.15, 0.2) is 22.2 Å². The van der Waals surface area contributed by atoms with Crippen LogP contribution in [0.25, 0.3) is 11.2 Å². The number of imidazole rings is 1. The summed E-state index contributed by atoms with van der Waals surface area (Å²) >= 11 is 0. The molecule has 0 bridgehead atoms. The van der Waals surface area contributed by atoms with Crippen LogP contribution in [0.5, 0.6) is 0 Å². The van der Waals surface area contributed by atoms with Gasteiger partial charge in [-0.1, -0.05) is 6.08 Å². The third-order valence-electron chi connectivity index (χ3n) is 2.98.